The second-order valence-electron chi connectivity index (χ2n) is 8.34. The molecule has 1 heteroatoms. The summed E-state index contributed by atoms with van der Waals surface area (Å²) >= 11 is 0. The maximum atomic E-state index is 2.45. The highest BCUT2D eigenvalue weighted by atomic mass is 15.2. The first-order chi connectivity index (χ1) is 16.7. The Kier molecular flexibility index (Phi) is 12.6. The van der Waals surface area contributed by atoms with Gasteiger partial charge in [-0.3, -0.25) is 0 Å². The van der Waals surface area contributed by atoms with E-state index in [-0.39, 0.29) is 0 Å². The topological polar surface area (TPSA) is 3.24 Å². The molecule has 0 aromatic heterocycles. The largest absolute Gasteiger partial charge is 0.335 e. The summed E-state index contributed by atoms with van der Waals surface area (Å²) < 4.78 is 0. The minimum Gasteiger partial charge on any atom is -0.335 e. The molecule has 0 bridgehead atoms. The third-order valence-corrected chi connectivity index (χ3v) is 5.98. The van der Waals surface area contributed by atoms with Gasteiger partial charge in [0, 0.05) is 17.4 Å². The van der Waals surface area contributed by atoms with E-state index in [1.54, 1.807) is 0 Å². The molecule has 0 amide bonds. The van der Waals surface area contributed by atoms with E-state index in [4.69, 9.17) is 0 Å². The van der Waals surface area contributed by atoms with Gasteiger partial charge in [-0.2, -0.15) is 0 Å². The fraction of sp³-hybridized carbons (Fsp3) is 0.333. The van der Waals surface area contributed by atoms with Crippen LogP contribution in [0.15, 0.2) is 103 Å². The van der Waals surface area contributed by atoms with Crippen LogP contribution in [0, 0.1) is 0 Å². The fourth-order valence-corrected chi connectivity index (χ4v) is 4.11. The monoisotopic (exact) mass is 453 g/mol. The van der Waals surface area contributed by atoms with Crippen LogP contribution >= 0.6 is 0 Å². The smallest absolute Gasteiger partial charge is 0.0497 e. The van der Waals surface area contributed by atoms with Crippen molar-refractivity contribution in [2.75, 3.05) is 4.90 Å². The van der Waals surface area contributed by atoms with Gasteiger partial charge in [0.1, 0.15) is 0 Å². The molecule has 1 atom stereocenters. The number of rotatable bonds is 2. The summed E-state index contributed by atoms with van der Waals surface area (Å²) in [7, 11) is 0. The first-order valence-corrected chi connectivity index (χ1v) is 13.0. The molecule has 0 saturated carbocycles. The molecule has 180 valence electrons. The number of hydrogen-bond donors (Lipinski definition) is 0. The third-order valence-electron chi connectivity index (χ3n) is 5.98. The van der Waals surface area contributed by atoms with Crippen LogP contribution in [-0.2, 0) is 6.42 Å². The molecule has 34 heavy (non-hydrogen) atoms. The summed E-state index contributed by atoms with van der Waals surface area (Å²) in [5.41, 5.74) is 6.71. The number of nitrogens with zero attached hydrogens (tertiary/aromatic N) is 1. The Morgan fingerprint density at radius 3 is 2.29 bits per heavy atom. The predicted octanol–water partition coefficient (Wildman–Crippen LogP) is 10.0. The Morgan fingerprint density at radius 2 is 1.56 bits per heavy atom. The van der Waals surface area contributed by atoms with Gasteiger partial charge in [0.15, 0.2) is 0 Å². The molecule has 1 unspecified atom stereocenters. The molecule has 0 saturated heterocycles. The molecule has 1 heterocycles. The van der Waals surface area contributed by atoms with Gasteiger partial charge >= 0.3 is 0 Å². The third kappa shape index (κ3) is 8.06. The molecule has 1 aliphatic carbocycles. The minimum absolute atomic E-state index is 0.290. The van der Waals surface area contributed by atoms with Gasteiger partial charge in [0.25, 0.3) is 0 Å². The maximum absolute atomic E-state index is 2.45. The van der Waals surface area contributed by atoms with E-state index < -0.39 is 0 Å². The molecule has 2 aromatic rings. The summed E-state index contributed by atoms with van der Waals surface area (Å²) in [5.74, 6) is 0. The van der Waals surface area contributed by atoms with Crippen LogP contribution < -0.4 is 4.90 Å². The summed E-state index contributed by atoms with van der Waals surface area (Å²) in [5, 5.41) is 0. The molecular formula is C33H43N. The number of fused-ring (bicyclic) bond motifs is 1. The average molecular weight is 454 g/mol. The molecule has 2 aliphatic rings. The number of allylic oxidation sites excluding steroid dienone is 9. The number of hydrogen-bond acceptors (Lipinski definition) is 1. The molecule has 0 N–H and O–H groups in total. The van der Waals surface area contributed by atoms with E-state index >= 15 is 0 Å². The number of para-hydroxylation sites is 1. The van der Waals surface area contributed by atoms with Crippen LogP contribution in [0.3, 0.4) is 0 Å². The second-order valence-corrected chi connectivity index (χ2v) is 8.34. The first kappa shape index (κ1) is 27.2. The zero-order valence-corrected chi connectivity index (χ0v) is 21.9. The highest BCUT2D eigenvalue weighted by molar-refractivity contribution is 5.73. The van der Waals surface area contributed by atoms with Gasteiger partial charge in [0.05, 0.1) is 0 Å². The second kappa shape index (κ2) is 15.7. The van der Waals surface area contributed by atoms with Crippen molar-refractivity contribution in [3.63, 3.8) is 0 Å². The molecule has 1 nitrogen and oxygen atoms in total. The molecular weight excluding hydrogens is 410 g/mol. The SMILES string of the molecule is C/C=C\C.CC.CC1/C=C\C=C/Cc2ccccc2N1c1ccc(/C2=C/C=C\CCCC2)cc1. The van der Waals surface area contributed by atoms with Crippen molar-refractivity contribution in [3.8, 4) is 0 Å². The van der Waals surface area contributed by atoms with E-state index in [0.29, 0.717) is 6.04 Å². The van der Waals surface area contributed by atoms with Crippen molar-refractivity contribution in [2.24, 2.45) is 0 Å². The molecule has 0 radical (unpaired) electrons. The van der Waals surface area contributed by atoms with E-state index in [2.05, 4.69) is 103 Å². The zero-order chi connectivity index (χ0) is 24.6. The molecule has 0 spiro atoms. The zero-order valence-electron chi connectivity index (χ0n) is 21.9. The summed E-state index contributed by atoms with van der Waals surface area (Å²) in [4.78, 5) is 2.45. The fourth-order valence-electron chi connectivity index (χ4n) is 4.11. The Hall–Kier alpha value is -3.06. The highest BCUT2D eigenvalue weighted by Gasteiger charge is 2.18. The Morgan fingerprint density at radius 1 is 0.824 bits per heavy atom. The predicted molar refractivity (Wildman–Crippen MR) is 154 cm³/mol. The van der Waals surface area contributed by atoms with Gasteiger partial charge in [-0.05, 0) is 87.8 Å². The van der Waals surface area contributed by atoms with Crippen molar-refractivity contribution in [1.29, 1.82) is 0 Å². The Labute approximate surface area is 208 Å². The lowest BCUT2D eigenvalue weighted by Gasteiger charge is -2.31. The van der Waals surface area contributed by atoms with E-state index in [1.807, 2.05) is 39.8 Å². The molecule has 0 fully saturated rings. The lowest BCUT2D eigenvalue weighted by molar-refractivity contribution is 0.766. The molecule has 1 aliphatic heterocycles. The van der Waals surface area contributed by atoms with Crippen molar-refractivity contribution >= 4 is 16.9 Å². The van der Waals surface area contributed by atoms with Gasteiger partial charge < -0.3 is 4.90 Å². The average Bonchev–Trinajstić information content (AvgIpc) is 2.94. The lowest BCUT2D eigenvalue weighted by Crippen LogP contribution is -2.27. The summed E-state index contributed by atoms with van der Waals surface area (Å²) in [6.45, 7) is 10.3. The van der Waals surface area contributed by atoms with Crippen LogP contribution in [0.25, 0.3) is 5.57 Å². The number of anilines is 2. The quantitative estimate of drug-likeness (QED) is 0.409. The summed E-state index contributed by atoms with van der Waals surface area (Å²) in [6, 6.07) is 18.2. The van der Waals surface area contributed by atoms with Crippen molar-refractivity contribution < 1.29 is 0 Å². The Bertz CT molecular complexity index is 981. The Balaban J connectivity index is 0.000000618. The maximum Gasteiger partial charge on any atom is 0.0497 e. The molecule has 4 rings (SSSR count). The van der Waals surface area contributed by atoms with Crippen molar-refractivity contribution in [3.05, 3.63) is 114 Å². The van der Waals surface area contributed by atoms with Gasteiger partial charge in [-0.1, -0.05) is 98.9 Å². The van der Waals surface area contributed by atoms with Crippen molar-refractivity contribution in [2.45, 2.75) is 72.8 Å². The van der Waals surface area contributed by atoms with Gasteiger partial charge in [-0.15, -0.1) is 0 Å². The molecule has 2 aromatic carbocycles. The standard InChI is InChI=1S/C27H29N.C4H8.C2H6/c1-22-12-6-5-9-15-25-16-10-11-17-27(25)28(22)26-20-18-24(19-21-26)23-13-7-3-2-4-8-14-23;1-3-4-2;1-2/h3,5-7,9-13,16-22H,2,4,8,14-15H2,1H3;3-4H,1-2H3;1-2H3/b7-3-,9-5-,12-6-,23-13+;4-3-;. The van der Waals surface area contributed by atoms with Crippen LogP contribution in [-0.4, -0.2) is 6.04 Å². The van der Waals surface area contributed by atoms with Gasteiger partial charge in [-0.25, -0.2) is 0 Å². The minimum atomic E-state index is 0.290. The van der Waals surface area contributed by atoms with E-state index in [9.17, 15) is 0 Å². The van der Waals surface area contributed by atoms with E-state index in [0.717, 1.165) is 6.42 Å². The van der Waals surface area contributed by atoms with Crippen LogP contribution in [0.2, 0.25) is 0 Å². The van der Waals surface area contributed by atoms with Crippen LogP contribution in [0.4, 0.5) is 11.4 Å². The normalized spacial score (nSPS) is 21.9. The van der Waals surface area contributed by atoms with Crippen LogP contribution in [0.1, 0.15) is 71.4 Å². The number of benzene rings is 2. The highest BCUT2D eigenvalue weighted by Crippen LogP contribution is 2.34. The van der Waals surface area contributed by atoms with Crippen molar-refractivity contribution in [1.82, 2.24) is 0 Å². The summed E-state index contributed by atoms with van der Waals surface area (Å²) in [6.07, 6.45) is 25.5. The van der Waals surface area contributed by atoms with Gasteiger partial charge in [0.2, 0.25) is 0 Å². The first-order valence-electron chi connectivity index (χ1n) is 13.0. The van der Waals surface area contributed by atoms with Crippen LogP contribution in [0.5, 0.6) is 0 Å². The lowest BCUT2D eigenvalue weighted by atomic mass is 9.96. The van der Waals surface area contributed by atoms with E-state index in [1.165, 1.54) is 53.8 Å².